The quantitative estimate of drug-likeness (QED) is 0.458. The fraction of sp³-hybridized carbons (Fsp3) is 0. The van der Waals surface area contributed by atoms with Crippen LogP contribution in [-0.2, 0) is 0 Å². The van der Waals surface area contributed by atoms with Gasteiger partial charge in [0.2, 0.25) is 5.78 Å². The van der Waals surface area contributed by atoms with E-state index in [2.05, 4.69) is 0 Å². The third-order valence-electron chi connectivity index (χ3n) is 4.75. The topological polar surface area (TPSA) is 39.1 Å². The molecule has 5 rings (SSSR count). The second kappa shape index (κ2) is 5.02. The van der Waals surface area contributed by atoms with E-state index in [1.807, 2.05) is 59.2 Å². The van der Waals surface area contributed by atoms with Gasteiger partial charge in [-0.2, -0.15) is 0 Å². The smallest absolute Gasteiger partial charge is 0.211 e. The van der Waals surface area contributed by atoms with E-state index >= 15 is 0 Å². The number of hydrogen-bond acceptors (Lipinski definition) is 2. The van der Waals surface area contributed by atoms with E-state index in [1.165, 1.54) is 0 Å². The lowest BCUT2D eigenvalue weighted by atomic mass is 9.87. The Bertz CT molecular complexity index is 1170. The first-order valence-electron chi connectivity index (χ1n) is 8.14. The number of rotatable bonds is 1. The maximum atomic E-state index is 13.2. The number of carbonyl (C=O) groups excluding carboxylic acids is 2. The standard InChI is InChI=1S/C22H13NO2/c24-21-15-10-4-5-11-16(15)22(25)20-19(21)17-12-6-7-13-18(17)23(20)14-8-2-1-3-9-14/h1-13H. The van der Waals surface area contributed by atoms with Gasteiger partial charge < -0.3 is 4.57 Å². The zero-order valence-electron chi connectivity index (χ0n) is 13.3. The minimum atomic E-state index is -0.106. The lowest BCUT2D eigenvalue weighted by molar-refractivity contribution is 0.0976. The van der Waals surface area contributed by atoms with Gasteiger partial charge in [0.1, 0.15) is 5.69 Å². The van der Waals surface area contributed by atoms with Gasteiger partial charge in [-0.25, -0.2) is 0 Å². The van der Waals surface area contributed by atoms with Gasteiger partial charge >= 0.3 is 0 Å². The summed E-state index contributed by atoms with van der Waals surface area (Å²) in [4.78, 5) is 26.4. The highest BCUT2D eigenvalue weighted by atomic mass is 16.1. The monoisotopic (exact) mass is 323 g/mol. The maximum Gasteiger partial charge on any atom is 0.211 e. The lowest BCUT2D eigenvalue weighted by Crippen LogP contribution is -2.22. The molecule has 0 N–H and O–H groups in total. The second-order valence-corrected chi connectivity index (χ2v) is 6.12. The van der Waals surface area contributed by atoms with Crippen molar-refractivity contribution in [2.45, 2.75) is 0 Å². The Morgan fingerprint density at radius 3 is 1.96 bits per heavy atom. The molecular weight excluding hydrogens is 310 g/mol. The summed E-state index contributed by atoms with van der Waals surface area (Å²) >= 11 is 0. The number of ketones is 2. The fourth-order valence-electron chi connectivity index (χ4n) is 3.67. The van der Waals surface area contributed by atoms with E-state index in [0.29, 0.717) is 22.4 Å². The molecule has 0 aliphatic heterocycles. The van der Waals surface area contributed by atoms with Crippen molar-refractivity contribution < 1.29 is 9.59 Å². The first-order valence-corrected chi connectivity index (χ1v) is 8.14. The molecule has 0 saturated heterocycles. The van der Waals surface area contributed by atoms with Gasteiger partial charge in [-0.05, 0) is 18.2 Å². The van der Waals surface area contributed by atoms with Crippen LogP contribution in [0.2, 0.25) is 0 Å². The Morgan fingerprint density at radius 2 is 1.20 bits per heavy atom. The lowest BCUT2D eigenvalue weighted by Gasteiger charge is -2.17. The average molecular weight is 323 g/mol. The summed E-state index contributed by atoms with van der Waals surface area (Å²) in [6, 6.07) is 24.4. The summed E-state index contributed by atoms with van der Waals surface area (Å²) in [6.45, 7) is 0. The van der Waals surface area contributed by atoms with Crippen LogP contribution in [-0.4, -0.2) is 16.1 Å². The van der Waals surface area contributed by atoms with Crippen LogP contribution in [0.3, 0.4) is 0 Å². The van der Waals surface area contributed by atoms with E-state index in [9.17, 15) is 9.59 Å². The molecule has 0 amide bonds. The second-order valence-electron chi connectivity index (χ2n) is 6.12. The number of fused-ring (bicyclic) bond motifs is 4. The molecule has 1 aliphatic carbocycles. The highest BCUT2D eigenvalue weighted by Crippen LogP contribution is 2.36. The first kappa shape index (κ1) is 13.9. The highest BCUT2D eigenvalue weighted by Gasteiger charge is 2.35. The van der Waals surface area contributed by atoms with Gasteiger partial charge in [0, 0.05) is 22.2 Å². The van der Waals surface area contributed by atoms with Crippen LogP contribution in [0.4, 0.5) is 0 Å². The summed E-state index contributed by atoms with van der Waals surface area (Å²) in [5.74, 6) is -0.193. The number of benzene rings is 3. The van der Waals surface area contributed by atoms with E-state index in [4.69, 9.17) is 0 Å². The van der Waals surface area contributed by atoms with Crippen LogP contribution in [0.5, 0.6) is 0 Å². The molecule has 3 aromatic carbocycles. The fourth-order valence-corrected chi connectivity index (χ4v) is 3.67. The number of para-hydroxylation sites is 2. The number of nitrogens with zero attached hydrogens (tertiary/aromatic N) is 1. The van der Waals surface area contributed by atoms with Crippen molar-refractivity contribution in [3.63, 3.8) is 0 Å². The van der Waals surface area contributed by atoms with E-state index in [0.717, 1.165) is 16.6 Å². The van der Waals surface area contributed by atoms with E-state index in [-0.39, 0.29) is 11.6 Å². The Morgan fingerprint density at radius 1 is 0.600 bits per heavy atom. The molecule has 0 atom stereocenters. The molecule has 4 aromatic rings. The predicted octanol–water partition coefficient (Wildman–Crippen LogP) is 4.41. The molecule has 0 saturated carbocycles. The molecule has 1 aliphatic rings. The Kier molecular flexibility index (Phi) is 2.80. The van der Waals surface area contributed by atoms with Gasteiger partial charge in [-0.3, -0.25) is 9.59 Å². The molecule has 3 nitrogen and oxygen atoms in total. The minimum absolute atomic E-state index is 0.0870. The third-order valence-corrected chi connectivity index (χ3v) is 4.75. The maximum absolute atomic E-state index is 13.2. The Hall–Kier alpha value is -3.46. The molecule has 0 radical (unpaired) electrons. The van der Waals surface area contributed by atoms with Crippen molar-refractivity contribution in [2.75, 3.05) is 0 Å². The van der Waals surface area contributed by atoms with Gasteiger partial charge in [0.15, 0.2) is 5.78 Å². The summed E-state index contributed by atoms with van der Waals surface area (Å²) in [6.07, 6.45) is 0. The van der Waals surface area contributed by atoms with Crippen molar-refractivity contribution in [3.8, 4) is 5.69 Å². The highest BCUT2D eigenvalue weighted by molar-refractivity contribution is 6.32. The SMILES string of the molecule is O=C1c2ccccc2C(=O)c2c1c1ccccc1n2-c1ccccc1. The average Bonchev–Trinajstić information content (AvgIpc) is 3.02. The van der Waals surface area contributed by atoms with Crippen LogP contribution >= 0.6 is 0 Å². The Labute approximate surface area is 144 Å². The molecule has 1 heterocycles. The summed E-state index contributed by atoms with van der Waals surface area (Å²) in [5, 5.41) is 0.814. The van der Waals surface area contributed by atoms with Crippen LogP contribution in [0.25, 0.3) is 16.6 Å². The minimum Gasteiger partial charge on any atom is -0.306 e. The zero-order valence-corrected chi connectivity index (χ0v) is 13.3. The number of aromatic nitrogens is 1. The first-order chi connectivity index (χ1) is 12.3. The predicted molar refractivity (Wildman–Crippen MR) is 96.6 cm³/mol. The van der Waals surface area contributed by atoms with Crippen LogP contribution in [0.1, 0.15) is 32.0 Å². The normalized spacial score (nSPS) is 13.0. The summed E-state index contributed by atoms with van der Waals surface area (Å²) in [5.41, 5.74) is 3.66. The van der Waals surface area contributed by atoms with Crippen LogP contribution in [0, 0.1) is 0 Å². The van der Waals surface area contributed by atoms with Gasteiger partial charge in [-0.1, -0.05) is 60.7 Å². The molecule has 25 heavy (non-hydrogen) atoms. The van der Waals surface area contributed by atoms with Crippen molar-refractivity contribution in [3.05, 3.63) is 101 Å². The van der Waals surface area contributed by atoms with Crippen molar-refractivity contribution in [1.29, 1.82) is 0 Å². The molecule has 0 unspecified atom stereocenters. The summed E-state index contributed by atoms with van der Waals surface area (Å²) < 4.78 is 1.90. The van der Waals surface area contributed by atoms with Gasteiger partial charge in [-0.15, -0.1) is 0 Å². The molecule has 1 aromatic heterocycles. The molecule has 0 spiro atoms. The molecule has 0 fully saturated rings. The van der Waals surface area contributed by atoms with E-state index in [1.54, 1.807) is 24.3 Å². The largest absolute Gasteiger partial charge is 0.306 e. The van der Waals surface area contributed by atoms with E-state index < -0.39 is 0 Å². The van der Waals surface area contributed by atoms with Crippen LogP contribution in [0.15, 0.2) is 78.9 Å². The summed E-state index contributed by atoms with van der Waals surface area (Å²) in [7, 11) is 0. The number of carbonyl (C=O) groups is 2. The molecule has 3 heteroatoms. The third kappa shape index (κ3) is 1.81. The van der Waals surface area contributed by atoms with Crippen molar-refractivity contribution in [2.24, 2.45) is 0 Å². The Balaban J connectivity index is 1.96. The molecule has 0 bridgehead atoms. The molecular formula is C22H13NO2. The van der Waals surface area contributed by atoms with Crippen molar-refractivity contribution >= 4 is 22.5 Å². The van der Waals surface area contributed by atoms with Crippen molar-refractivity contribution in [1.82, 2.24) is 4.57 Å². The van der Waals surface area contributed by atoms with Gasteiger partial charge in [0.05, 0.1) is 11.1 Å². The number of hydrogen-bond donors (Lipinski definition) is 0. The zero-order chi connectivity index (χ0) is 17.0. The molecule has 118 valence electrons. The van der Waals surface area contributed by atoms with Gasteiger partial charge in [0.25, 0.3) is 0 Å². The van der Waals surface area contributed by atoms with Crippen LogP contribution < -0.4 is 0 Å².